The molecule has 0 bridgehead atoms. The van der Waals surface area contributed by atoms with Gasteiger partial charge in [0.1, 0.15) is 0 Å². The predicted octanol–water partition coefficient (Wildman–Crippen LogP) is 1.65. The first-order chi connectivity index (χ1) is 6.18. The number of nitrogens with zero attached hydrogens (tertiary/aromatic N) is 1. The first kappa shape index (κ1) is 12.0. The minimum Gasteiger partial charge on any atom is -0.327 e. The lowest BCUT2D eigenvalue weighted by atomic mass is 10.2. The summed E-state index contributed by atoms with van der Waals surface area (Å²) in [4.78, 5) is 2.55. The quantitative estimate of drug-likeness (QED) is 0.728. The van der Waals surface area contributed by atoms with Crippen molar-refractivity contribution < 1.29 is 0 Å². The lowest BCUT2D eigenvalue weighted by molar-refractivity contribution is 0.303. The lowest BCUT2D eigenvalue weighted by Gasteiger charge is -2.17. The Bertz CT molecular complexity index is 211. The first-order valence-corrected chi connectivity index (χ1v) is 5.30. The molecule has 2 N–H and O–H groups in total. The zero-order valence-corrected chi connectivity index (χ0v) is 9.89. The van der Waals surface area contributed by atoms with Gasteiger partial charge in [0.25, 0.3) is 0 Å². The molecule has 3 atom stereocenters. The van der Waals surface area contributed by atoms with Crippen LogP contribution in [0.15, 0.2) is 11.6 Å². The molecule has 1 aliphatic carbocycles. The number of halogens is 1. The van der Waals surface area contributed by atoms with Crippen LogP contribution in [-0.2, 0) is 0 Å². The highest BCUT2D eigenvalue weighted by Crippen LogP contribution is 2.43. The van der Waals surface area contributed by atoms with Gasteiger partial charge in [-0.2, -0.15) is 0 Å². The fourth-order valence-electron chi connectivity index (χ4n) is 2.38. The summed E-state index contributed by atoms with van der Waals surface area (Å²) in [6.07, 6.45) is 3.53. The van der Waals surface area contributed by atoms with Crippen LogP contribution in [0.1, 0.15) is 20.3 Å². The predicted molar refractivity (Wildman–Crippen MR) is 62.7 cm³/mol. The Morgan fingerprint density at radius 2 is 1.93 bits per heavy atom. The van der Waals surface area contributed by atoms with E-state index in [1.54, 1.807) is 0 Å². The molecule has 3 heteroatoms. The fraction of sp³-hybridized carbons (Fsp3) is 0.818. The van der Waals surface area contributed by atoms with Crippen molar-refractivity contribution in [2.45, 2.75) is 26.3 Å². The molecule has 2 nitrogen and oxygen atoms in total. The fourth-order valence-corrected chi connectivity index (χ4v) is 2.38. The Balaban J connectivity index is 0.000000980. The minimum absolute atomic E-state index is 0. The van der Waals surface area contributed by atoms with Gasteiger partial charge in [-0.25, -0.2) is 0 Å². The van der Waals surface area contributed by atoms with Crippen molar-refractivity contribution in [2.75, 3.05) is 19.6 Å². The summed E-state index contributed by atoms with van der Waals surface area (Å²) in [5, 5.41) is 0. The maximum absolute atomic E-state index is 5.87. The summed E-state index contributed by atoms with van der Waals surface area (Å²) in [5.74, 6) is 1.68. The van der Waals surface area contributed by atoms with E-state index in [0.717, 1.165) is 11.8 Å². The van der Waals surface area contributed by atoms with E-state index >= 15 is 0 Å². The number of hydrogen-bond acceptors (Lipinski definition) is 2. The molecule has 2 fully saturated rings. The molecule has 1 saturated heterocycles. The summed E-state index contributed by atoms with van der Waals surface area (Å²) < 4.78 is 0. The van der Waals surface area contributed by atoms with Gasteiger partial charge >= 0.3 is 0 Å². The molecule has 14 heavy (non-hydrogen) atoms. The van der Waals surface area contributed by atoms with E-state index in [1.807, 2.05) is 0 Å². The van der Waals surface area contributed by atoms with Crippen molar-refractivity contribution in [3.63, 3.8) is 0 Å². The topological polar surface area (TPSA) is 29.3 Å². The molecule has 2 aliphatic rings. The Hall–Kier alpha value is -0.0500. The number of allylic oxidation sites excluding steroid dienone is 1. The van der Waals surface area contributed by atoms with E-state index in [-0.39, 0.29) is 12.4 Å². The van der Waals surface area contributed by atoms with Gasteiger partial charge in [0.15, 0.2) is 0 Å². The molecule has 0 spiro atoms. The van der Waals surface area contributed by atoms with Crippen LogP contribution >= 0.6 is 12.4 Å². The number of fused-ring (bicyclic) bond motifs is 1. The molecule has 1 aliphatic heterocycles. The number of nitrogens with two attached hydrogens (primary N) is 1. The molecule has 2 rings (SSSR count). The molecule has 1 unspecified atom stereocenters. The van der Waals surface area contributed by atoms with Gasteiger partial charge < -0.3 is 10.6 Å². The highest BCUT2D eigenvalue weighted by Gasteiger charge is 2.53. The number of hydrogen-bond donors (Lipinski definition) is 1. The van der Waals surface area contributed by atoms with Gasteiger partial charge in [-0.1, -0.05) is 11.6 Å². The smallest absolute Gasteiger partial charge is 0.0127 e. The van der Waals surface area contributed by atoms with Gasteiger partial charge in [0.2, 0.25) is 0 Å². The monoisotopic (exact) mass is 216 g/mol. The third kappa shape index (κ3) is 2.50. The van der Waals surface area contributed by atoms with Crippen LogP contribution in [0.2, 0.25) is 0 Å². The highest BCUT2D eigenvalue weighted by atomic mass is 35.5. The Morgan fingerprint density at radius 3 is 2.43 bits per heavy atom. The van der Waals surface area contributed by atoms with Crippen LogP contribution in [0.25, 0.3) is 0 Å². The summed E-state index contributed by atoms with van der Waals surface area (Å²) >= 11 is 0. The third-order valence-electron chi connectivity index (χ3n) is 3.33. The van der Waals surface area contributed by atoms with Gasteiger partial charge in [-0.15, -0.1) is 12.4 Å². The summed E-state index contributed by atoms with van der Waals surface area (Å²) in [7, 11) is 0. The number of rotatable bonds is 3. The van der Waals surface area contributed by atoms with Crippen molar-refractivity contribution >= 4 is 12.4 Å². The SMILES string of the molecule is CC(C)=CCCN1C[C@@H]2C(N)[C@@H]2C1.Cl. The molecule has 1 saturated carbocycles. The Morgan fingerprint density at radius 1 is 1.36 bits per heavy atom. The lowest BCUT2D eigenvalue weighted by Crippen LogP contribution is -2.28. The van der Waals surface area contributed by atoms with Crippen molar-refractivity contribution in [3.8, 4) is 0 Å². The normalized spacial score (nSPS) is 34.6. The molecule has 0 aromatic rings. The van der Waals surface area contributed by atoms with E-state index in [4.69, 9.17) is 5.73 Å². The van der Waals surface area contributed by atoms with Gasteiger partial charge in [-0.05, 0) is 32.1 Å². The van der Waals surface area contributed by atoms with E-state index in [2.05, 4.69) is 24.8 Å². The molecule has 82 valence electrons. The molecule has 1 heterocycles. The highest BCUT2D eigenvalue weighted by molar-refractivity contribution is 5.85. The first-order valence-electron chi connectivity index (χ1n) is 5.30. The maximum Gasteiger partial charge on any atom is 0.0127 e. The maximum atomic E-state index is 5.87. The third-order valence-corrected chi connectivity index (χ3v) is 3.33. The summed E-state index contributed by atoms with van der Waals surface area (Å²) in [6, 6.07) is 0.541. The molecule has 0 aromatic heterocycles. The zero-order valence-electron chi connectivity index (χ0n) is 9.07. The van der Waals surface area contributed by atoms with Gasteiger partial charge in [0.05, 0.1) is 0 Å². The summed E-state index contributed by atoms with van der Waals surface area (Å²) in [6.45, 7) is 8.06. The molecule has 0 amide bonds. The average Bonchev–Trinajstić information content (AvgIpc) is 2.53. The minimum atomic E-state index is 0. The number of likely N-dealkylation sites (tertiary alicyclic amines) is 1. The van der Waals surface area contributed by atoms with Crippen LogP contribution in [0.4, 0.5) is 0 Å². The zero-order chi connectivity index (χ0) is 9.42. The average molecular weight is 217 g/mol. The van der Waals surface area contributed by atoms with Crippen molar-refractivity contribution in [1.82, 2.24) is 4.90 Å². The van der Waals surface area contributed by atoms with Crippen molar-refractivity contribution in [3.05, 3.63) is 11.6 Å². The van der Waals surface area contributed by atoms with E-state index in [9.17, 15) is 0 Å². The largest absolute Gasteiger partial charge is 0.327 e. The second kappa shape index (κ2) is 4.65. The van der Waals surface area contributed by atoms with E-state index < -0.39 is 0 Å². The van der Waals surface area contributed by atoms with Crippen LogP contribution in [0, 0.1) is 11.8 Å². The molecular weight excluding hydrogens is 196 g/mol. The van der Waals surface area contributed by atoms with Crippen LogP contribution < -0.4 is 5.73 Å². The second-order valence-corrected chi connectivity index (χ2v) is 4.73. The molecule has 0 aromatic carbocycles. The molecular formula is C11H21ClN2. The van der Waals surface area contributed by atoms with E-state index in [1.165, 1.54) is 31.6 Å². The van der Waals surface area contributed by atoms with Gasteiger partial charge in [-0.3, -0.25) is 0 Å². The van der Waals surface area contributed by atoms with E-state index in [0.29, 0.717) is 6.04 Å². The van der Waals surface area contributed by atoms with Crippen LogP contribution in [0.3, 0.4) is 0 Å². The summed E-state index contributed by atoms with van der Waals surface area (Å²) in [5.41, 5.74) is 7.30. The molecule has 0 radical (unpaired) electrons. The standard InChI is InChI=1S/C11H20N2.ClH/c1-8(2)4-3-5-13-6-9-10(7-13)11(9)12;/h4,9-11H,3,5-7,12H2,1-2H3;1H/t9-,10+,11?;. The van der Waals surface area contributed by atoms with Crippen molar-refractivity contribution in [1.29, 1.82) is 0 Å². The Kier molecular flexibility index (Phi) is 3.99. The van der Waals surface area contributed by atoms with Crippen LogP contribution in [-0.4, -0.2) is 30.6 Å². The van der Waals surface area contributed by atoms with Crippen LogP contribution in [0.5, 0.6) is 0 Å². The second-order valence-electron chi connectivity index (χ2n) is 4.73. The van der Waals surface area contributed by atoms with Crippen molar-refractivity contribution in [2.24, 2.45) is 17.6 Å². The Labute approximate surface area is 92.9 Å². The number of piperidine rings is 1. The van der Waals surface area contributed by atoms with Gasteiger partial charge in [0, 0.05) is 25.7 Å².